The van der Waals surface area contributed by atoms with Gasteiger partial charge in [0, 0.05) is 15.7 Å². The first-order chi connectivity index (χ1) is 15.5. The molecule has 1 heterocycles. The third-order valence-electron chi connectivity index (χ3n) is 7.75. The Morgan fingerprint density at radius 2 is 1.62 bits per heavy atom. The fourth-order valence-corrected chi connectivity index (χ4v) is 6.55. The van der Waals surface area contributed by atoms with Crippen LogP contribution in [0.3, 0.4) is 0 Å². The van der Waals surface area contributed by atoms with E-state index in [2.05, 4.69) is 33.4 Å². The van der Waals surface area contributed by atoms with Crippen LogP contribution in [0.15, 0.2) is 59.1 Å². The highest BCUT2D eigenvalue weighted by molar-refractivity contribution is 9.10. The second-order valence-electron chi connectivity index (χ2n) is 9.32. The van der Waals surface area contributed by atoms with Gasteiger partial charge in [0.2, 0.25) is 11.8 Å². The van der Waals surface area contributed by atoms with Gasteiger partial charge in [-0.05, 0) is 84.5 Å². The van der Waals surface area contributed by atoms with Gasteiger partial charge in [0.1, 0.15) is 0 Å². The molecule has 32 heavy (non-hydrogen) atoms. The summed E-state index contributed by atoms with van der Waals surface area (Å²) in [4.78, 5) is 40.7. The predicted molar refractivity (Wildman–Crippen MR) is 125 cm³/mol. The highest BCUT2D eigenvalue weighted by atomic mass is 79.9. The van der Waals surface area contributed by atoms with Crippen molar-refractivity contribution in [3.8, 4) is 0 Å². The van der Waals surface area contributed by atoms with Crippen molar-refractivity contribution in [1.29, 1.82) is 0 Å². The minimum atomic E-state index is -0.219. The van der Waals surface area contributed by atoms with Crippen LogP contribution < -0.4 is 10.2 Å². The first-order valence-corrected chi connectivity index (χ1v) is 12.0. The lowest BCUT2D eigenvalue weighted by atomic mass is 9.63. The van der Waals surface area contributed by atoms with E-state index in [0.29, 0.717) is 23.1 Å². The van der Waals surface area contributed by atoms with Crippen LogP contribution >= 0.6 is 15.9 Å². The van der Waals surface area contributed by atoms with Crippen molar-refractivity contribution in [3.05, 3.63) is 70.2 Å². The van der Waals surface area contributed by atoms with E-state index in [1.807, 2.05) is 25.1 Å². The van der Waals surface area contributed by atoms with Crippen LogP contribution in [0.25, 0.3) is 0 Å². The first kappa shape index (κ1) is 19.9. The molecule has 162 valence electrons. The average Bonchev–Trinajstić information content (AvgIpc) is 3.58. The topological polar surface area (TPSA) is 66.5 Å². The molecule has 2 bridgehead atoms. The molecule has 1 saturated heterocycles. The van der Waals surface area contributed by atoms with Crippen LogP contribution in [0.4, 0.5) is 11.4 Å². The third kappa shape index (κ3) is 2.85. The number of nitrogens with one attached hydrogen (secondary N) is 1. The number of anilines is 2. The molecule has 0 radical (unpaired) electrons. The summed E-state index contributed by atoms with van der Waals surface area (Å²) in [6, 6.07) is 12.6. The van der Waals surface area contributed by atoms with Crippen molar-refractivity contribution in [2.45, 2.75) is 19.8 Å². The standard InChI is InChI=1S/C26H23BrN2O3/c1-2-13-11-15(27)5-10-21(13)28-24(30)14-3-6-16(7-4-14)29-25(31)22-17-8-9-18(20-12-19(17)20)23(22)26(29)32/h3-11,17-20,22-23H,2,12H2,1H3,(H,28,30). The summed E-state index contributed by atoms with van der Waals surface area (Å²) in [5, 5.41) is 2.97. The maximum atomic E-state index is 13.3. The fraction of sp³-hybridized carbons (Fsp3) is 0.346. The molecule has 2 saturated carbocycles. The van der Waals surface area contributed by atoms with E-state index in [0.717, 1.165) is 28.6 Å². The number of hydrogen-bond donors (Lipinski definition) is 1. The molecule has 5 nitrogen and oxygen atoms in total. The molecule has 4 aliphatic carbocycles. The molecule has 3 fully saturated rings. The quantitative estimate of drug-likeness (QED) is 0.493. The number of benzene rings is 2. The Morgan fingerprint density at radius 3 is 2.22 bits per heavy atom. The van der Waals surface area contributed by atoms with E-state index in [1.165, 1.54) is 4.90 Å². The largest absolute Gasteiger partial charge is 0.322 e. The van der Waals surface area contributed by atoms with E-state index in [1.54, 1.807) is 24.3 Å². The SMILES string of the molecule is CCc1cc(Br)ccc1NC(=O)c1ccc(N2C(=O)C3C4C=CC(C5CC45)C3C2=O)cc1. The molecule has 2 aromatic rings. The highest BCUT2D eigenvalue weighted by Crippen LogP contribution is 2.65. The summed E-state index contributed by atoms with van der Waals surface area (Å²) in [7, 11) is 0. The molecule has 6 unspecified atom stereocenters. The van der Waals surface area contributed by atoms with Gasteiger partial charge in [-0.15, -0.1) is 0 Å². The molecule has 1 N–H and O–H groups in total. The number of allylic oxidation sites excluding steroid dienone is 2. The van der Waals surface area contributed by atoms with E-state index in [-0.39, 0.29) is 41.4 Å². The Morgan fingerprint density at radius 1 is 1.00 bits per heavy atom. The molecule has 0 spiro atoms. The van der Waals surface area contributed by atoms with Gasteiger partial charge < -0.3 is 5.32 Å². The number of aryl methyl sites for hydroxylation is 1. The summed E-state index contributed by atoms with van der Waals surface area (Å²) in [5.74, 6) is 0.780. The predicted octanol–water partition coefficient (Wildman–Crippen LogP) is 4.82. The van der Waals surface area contributed by atoms with Crippen molar-refractivity contribution in [3.63, 3.8) is 0 Å². The van der Waals surface area contributed by atoms with Gasteiger partial charge in [-0.2, -0.15) is 0 Å². The van der Waals surface area contributed by atoms with Gasteiger partial charge in [-0.1, -0.05) is 35.0 Å². The minimum absolute atomic E-state index is 0.0793. The maximum absolute atomic E-state index is 13.3. The van der Waals surface area contributed by atoms with Crippen LogP contribution in [-0.4, -0.2) is 17.7 Å². The molecule has 1 aliphatic heterocycles. The Labute approximate surface area is 195 Å². The summed E-state index contributed by atoms with van der Waals surface area (Å²) in [5.41, 5.74) is 2.86. The van der Waals surface area contributed by atoms with Crippen LogP contribution in [0, 0.1) is 35.5 Å². The Balaban J connectivity index is 1.22. The summed E-state index contributed by atoms with van der Waals surface area (Å²) in [6.07, 6.45) is 6.30. The lowest BCUT2D eigenvalue weighted by molar-refractivity contribution is -0.124. The van der Waals surface area contributed by atoms with Crippen molar-refractivity contribution in [2.24, 2.45) is 35.5 Å². The Hall–Kier alpha value is -2.73. The molecule has 5 aliphatic rings. The Bertz CT molecular complexity index is 1150. The van der Waals surface area contributed by atoms with Crippen LogP contribution in [-0.2, 0) is 16.0 Å². The van der Waals surface area contributed by atoms with Gasteiger partial charge >= 0.3 is 0 Å². The third-order valence-corrected chi connectivity index (χ3v) is 8.24. The van der Waals surface area contributed by atoms with Crippen molar-refractivity contribution < 1.29 is 14.4 Å². The summed E-state index contributed by atoms with van der Waals surface area (Å²) >= 11 is 3.46. The zero-order valence-electron chi connectivity index (χ0n) is 17.6. The zero-order valence-corrected chi connectivity index (χ0v) is 19.2. The molecule has 6 atom stereocenters. The Kier molecular flexibility index (Phi) is 4.44. The highest BCUT2D eigenvalue weighted by Gasteiger charge is 2.67. The van der Waals surface area contributed by atoms with Gasteiger partial charge in [0.05, 0.1) is 17.5 Å². The second kappa shape index (κ2) is 7.14. The van der Waals surface area contributed by atoms with Crippen molar-refractivity contribution in [2.75, 3.05) is 10.2 Å². The minimum Gasteiger partial charge on any atom is -0.322 e. The van der Waals surface area contributed by atoms with Gasteiger partial charge in [0.25, 0.3) is 5.91 Å². The number of halogens is 1. The van der Waals surface area contributed by atoms with E-state index in [4.69, 9.17) is 0 Å². The normalized spacial score (nSPS) is 31.5. The molecular formula is C26H23BrN2O3. The fourth-order valence-electron chi connectivity index (χ4n) is 6.14. The summed E-state index contributed by atoms with van der Waals surface area (Å²) < 4.78 is 0.971. The number of imide groups is 1. The van der Waals surface area contributed by atoms with Gasteiger partial charge in [-0.3, -0.25) is 19.3 Å². The molecule has 6 heteroatoms. The number of nitrogens with zero attached hydrogens (tertiary/aromatic N) is 1. The number of rotatable bonds is 4. The van der Waals surface area contributed by atoms with E-state index < -0.39 is 0 Å². The average molecular weight is 491 g/mol. The van der Waals surface area contributed by atoms with Gasteiger partial charge in [0.15, 0.2) is 0 Å². The molecule has 0 aromatic heterocycles. The number of amides is 3. The number of carbonyl (C=O) groups is 3. The molecular weight excluding hydrogens is 468 g/mol. The molecule has 2 aromatic carbocycles. The second-order valence-corrected chi connectivity index (χ2v) is 10.2. The number of carbonyl (C=O) groups excluding carboxylic acids is 3. The lowest BCUT2D eigenvalue weighted by Crippen LogP contribution is -2.40. The lowest BCUT2D eigenvalue weighted by Gasteiger charge is -2.37. The maximum Gasteiger partial charge on any atom is 0.255 e. The zero-order chi connectivity index (χ0) is 22.1. The summed E-state index contributed by atoms with van der Waals surface area (Å²) in [6.45, 7) is 2.04. The number of hydrogen-bond acceptors (Lipinski definition) is 3. The van der Waals surface area contributed by atoms with Crippen molar-refractivity contribution >= 4 is 45.0 Å². The molecule has 3 amide bonds. The first-order valence-electron chi connectivity index (χ1n) is 11.2. The van der Waals surface area contributed by atoms with Crippen LogP contribution in [0.2, 0.25) is 0 Å². The van der Waals surface area contributed by atoms with Gasteiger partial charge in [-0.25, -0.2) is 0 Å². The van der Waals surface area contributed by atoms with Crippen LogP contribution in [0.1, 0.15) is 29.3 Å². The monoisotopic (exact) mass is 490 g/mol. The van der Waals surface area contributed by atoms with Crippen LogP contribution in [0.5, 0.6) is 0 Å². The van der Waals surface area contributed by atoms with E-state index >= 15 is 0 Å². The molecule has 7 rings (SSSR count). The van der Waals surface area contributed by atoms with E-state index in [9.17, 15) is 14.4 Å². The smallest absolute Gasteiger partial charge is 0.255 e. The van der Waals surface area contributed by atoms with Crippen molar-refractivity contribution in [1.82, 2.24) is 0 Å².